The number of hydrogen-bond acceptors (Lipinski definition) is 2. The number of anilines is 1. The lowest BCUT2D eigenvalue weighted by atomic mass is 10.1. The van der Waals surface area contributed by atoms with Gasteiger partial charge in [-0.05, 0) is 49.8 Å². The van der Waals surface area contributed by atoms with Crippen LogP contribution >= 0.6 is 0 Å². The molecule has 2 rings (SSSR count). The minimum Gasteiger partial charge on any atom is -0.392 e. The van der Waals surface area contributed by atoms with Crippen molar-refractivity contribution in [3.05, 3.63) is 29.3 Å². The lowest BCUT2D eigenvalue weighted by molar-refractivity contribution is 0.282. The van der Waals surface area contributed by atoms with Crippen molar-refractivity contribution in [3.63, 3.8) is 0 Å². The van der Waals surface area contributed by atoms with Crippen LogP contribution in [0.5, 0.6) is 0 Å². The first-order valence-electron chi connectivity index (χ1n) is 6.20. The monoisotopic (exact) mass is 219 g/mol. The molecule has 2 heteroatoms. The van der Waals surface area contributed by atoms with Gasteiger partial charge in [-0.1, -0.05) is 12.1 Å². The van der Waals surface area contributed by atoms with Crippen molar-refractivity contribution in [3.8, 4) is 0 Å². The highest BCUT2D eigenvalue weighted by Crippen LogP contribution is 2.32. The summed E-state index contributed by atoms with van der Waals surface area (Å²) < 4.78 is 0. The van der Waals surface area contributed by atoms with Crippen LogP contribution in [0.15, 0.2) is 18.2 Å². The fourth-order valence-electron chi connectivity index (χ4n) is 2.18. The Morgan fingerprint density at radius 1 is 1.38 bits per heavy atom. The van der Waals surface area contributed by atoms with Crippen molar-refractivity contribution in [1.82, 2.24) is 0 Å². The largest absolute Gasteiger partial charge is 0.392 e. The summed E-state index contributed by atoms with van der Waals surface area (Å²) in [4.78, 5) is 2.45. The molecule has 2 nitrogen and oxygen atoms in total. The average molecular weight is 219 g/mol. The molecule has 1 aliphatic carbocycles. The van der Waals surface area contributed by atoms with Gasteiger partial charge in [0, 0.05) is 18.8 Å². The van der Waals surface area contributed by atoms with E-state index in [-0.39, 0.29) is 6.61 Å². The van der Waals surface area contributed by atoms with Gasteiger partial charge in [-0.3, -0.25) is 0 Å². The molecule has 0 heterocycles. The highest BCUT2D eigenvalue weighted by Gasteiger charge is 2.24. The van der Waals surface area contributed by atoms with Gasteiger partial charge in [-0.25, -0.2) is 0 Å². The van der Waals surface area contributed by atoms with Gasteiger partial charge in [0.25, 0.3) is 0 Å². The van der Waals surface area contributed by atoms with E-state index >= 15 is 0 Å². The van der Waals surface area contributed by atoms with Gasteiger partial charge in [0.1, 0.15) is 0 Å². The van der Waals surface area contributed by atoms with Crippen LogP contribution in [0.25, 0.3) is 0 Å². The fourth-order valence-corrected chi connectivity index (χ4v) is 2.18. The summed E-state index contributed by atoms with van der Waals surface area (Å²) in [5.74, 6) is 0.914. The molecule has 0 atom stereocenters. The van der Waals surface area contributed by atoms with E-state index in [4.69, 9.17) is 5.11 Å². The Morgan fingerprint density at radius 3 is 2.62 bits per heavy atom. The summed E-state index contributed by atoms with van der Waals surface area (Å²) in [7, 11) is 0. The molecule has 0 unspecified atom stereocenters. The van der Waals surface area contributed by atoms with E-state index in [9.17, 15) is 0 Å². The number of aliphatic hydroxyl groups excluding tert-OH is 1. The average Bonchev–Trinajstić information content (AvgIpc) is 3.10. The van der Waals surface area contributed by atoms with Crippen LogP contribution in [0.3, 0.4) is 0 Å². The van der Waals surface area contributed by atoms with Crippen LogP contribution in [0.1, 0.15) is 30.9 Å². The number of nitrogens with zero attached hydrogens (tertiary/aromatic N) is 1. The second-order valence-corrected chi connectivity index (χ2v) is 4.76. The third-order valence-electron chi connectivity index (χ3n) is 3.34. The van der Waals surface area contributed by atoms with Crippen molar-refractivity contribution < 1.29 is 5.11 Å². The minimum absolute atomic E-state index is 0.135. The molecule has 1 aromatic rings. The van der Waals surface area contributed by atoms with Crippen LogP contribution in [0.2, 0.25) is 0 Å². The number of aryl methyl sites for hydroxylation is 1. The normalized spacial score (nSPS) is 15.2. The van der Waals surface area contributed by atoms with Crippen molar-refractivity contribution in [2.24, 2.45) is 5.92 Å². The molecule has 88 valence electrons. The Labute approximate surface area is 97.9 Å². The maximum absolute atomic E-state index is 9.09. The Hall–Kier alpha value is -1.02. The van der Waals surface area contributed by atoms with E-state index in [1.165, 1.54) is 30.6 Å². The first-order chi connectivity index (χ1) is 7.74. The van der Waals surface area contributed by atoms with Crippen LogP contribution in [0.4, 0.5) is 5.69 Å². The summed E-state index contributed by atoms with van der Waals surface area (Å²) in [6, 6.07) is 6.26. The minimum atomic E-state index is 0.135. The van der Waals surface area contributed by atoms with Gasteiger partial charge in [0.2, 0.25) is 0 Å². The molecule has 1 aromatic carbocycles. The van der Waals surface area contributed by atoms with E-state index in [1.54, 1.807) is 0 Å². The third-order valence-corrected chi connectivity index (χ3v) is 3.34. The van der Waals surface area contributed by atoms with Crippen LogP contribution in [-0.4, -0.2) is 18.2 Å². The predicted octanol–water partition coefficient (Wildman–Crippen LogP) is 2.72. The molecular weight excluding hydrogens is 198 g/mol. The smallest absolute Gasteiger partial charge is 0.0681 e. The number of benzene rings is 1. The van der Waals surface area contributed by atoms with Gasteiger partial charge >= 0.3 is 0 Å². The van der Waals surface area contributed by atoms with Gasteiger partial charge in [0.05, 0.1) is 6.61 Å². The summed E-state index contributed by atoms with van der Waals surface area (Å²) in [5.41, 5.74) is 3.60. The van der Waals surface area contributed by atoms with Gasteiger partial charge in [-0.2, -0.15) is 0 Å². The SMILES string of the molecule is CCN(CC1CC1)c1ccc(CO)cc1C. The summed E-state index contributed by atoms with van der Waals surface area (Å²) in [6.07, 6.45) is 2.79. The molecule has 1 aliphatic rings. The number of rotatable bonds is 5. The molecule has 16 heavy (non-hydrogen) atoms. The Kier molecular flexibility index (Phi) is 3.49. The molecule has 0 saturated heterocycles. The molecule has 1 fully saturated rings. The second-order valence-electron chi connectivity index (χ2n) is 4.76. The molecular formula is C14H21NO. The molecule has 0 radical (unpaired) electrons. The topological polar surface area (TPSA) is 23.5 Å². The Morgan fingerprint density at radius 2 is 2.12 bits per heavy atom. The van der Waals surface area contributed by atoms with Crippen LogP contribution in [0, 0.1) is 12.8 Å². The maximum atomic E-state index is 9.09. The van der Waals surface area contributed by atoms with Gasteiger partial charge in [0.15, 0.2) is 0 Å². The molecule has 1 saturated carbocycles. The van der Waals surface area contributed by atoms with E-state index < -0.39 is 0 Å². The van der Waals surface area contributed by atoms with Gasteiger partial charge in [-0.15, -0.1) is 0 Å². The van der Waals surface area contributed by atoms with Crippen molar-refractivity contribution in [2.45, 2.75) is 33.3 Å². The van der Waals surface area contributed by atoms with Crippen LogP contribution < -0.4 is 4.90 Å². The van der Waals surface area contributed by atoms with Crippen molar-refractivity contribution >= 4 is 5.69 Å². The first-order valence-corrected chi connectivity index (χ1v) is 6.20. The highest BCUT2D eigenvalue weighted by molar-refractivity contribution is 5.54. The molecule has 0 aromatic heterocycles. The number of hydrogen-bond donors (Lipinski definition) is 1. The zero-order valence-electron chi connectivity index (χ0n) is 10.2. The third kappa shape index (κ3) is 2.56. The fraction of sp³-hybridized carbons (Fsp3) is 0.571. The molecule has 1 N–H and O–H groups in total. The summed E-state index contributed by atoms with van der Waals surface area (Å²) in [6.45, 7) is 6.73. The maximum Gasteiger partial charge on any atom is 0.0681 e. The lowest BCUT2D eigenvalue weighted by Gasteiger charge is -2.25. The Balaban J connectivity index is 2.15. The lowest BCUT2D eigenvalue weighted by Crippen LogP contribution is -2.25. The van der Waals surface area contributed by atoms with E-state index in [0.717, 1.165) is 18.0 Å². The zero-order valence-corrected chi connectivity index (χ0v) is 10.2. The Bertz CT molecular complexity index is 358. The second kappa shape index (κ2) is 4.88. The number of aliphatic hydroxyl groups is 1. The van der Waals surface area contributed by atoms with Crippen molar-refractivity contribution in [1.29, 1.82) is 0 Å². The van der Waals surface area contributed by atoms with Crippen LogP contribution in [-0.2, 0) is 6.61 Å². The highest BCUT2D eigenvalue weighted by atomic mass is 16.3. The first kappa shape index (κ1) is 11.5. The van der Waals surface area contributed by atoms with E-state index in [0.29, 0.717) is 0 Å². The summed E-state index contributed by atoms with van der Waals surface area (Å²) >= 11 is 0. The zero-order chi connectivity index (χ0) is 11.5. The van der Waals surface area contributed by atoms with Crippen molar-refractivity contribution in [2.75, 3.05) is 18.0 Å². The van der Waals surface area contributed by atoms with E-state index in [1.807, 2.05) is 6.07 Å². The predicted molar refractivity (Wildman–Crippen MR) is 67.7 cm³/mol. The quantitative estimate of drug-likeness (QED) is 0.823. The molecule has 0 amide bonds. The summed E-state index contributed by atoms with van der Waals surface area (Å²) in [5, 5.41) is 9.09. The van der Waals surface area contributed by atoms with Gasteiger partial charge < -0.3 is 10.0 Å². The molecule has 0 aliphatic heterocycles. The standard InChI is InChI=1S/C14H21NO/c1-3-15(9-12-4-5-12)14-7-6-13(10-16)8-11(14)2/h6-8,12,16H,3-5,9-10H2,1-2H3. The molecule has 0 bridgehead atoms. The van der Waals surface area contributed by atoms with E-state index in [2.05, 4.69) is 30.9 Å². The molecule has 0 spiro atoms.